The quantitative estimate of drug-likeness (QED) is 0.373. The van der Waals surface area contributed by atoms with E-state index in [9.17, 15) is 19.5 Å². The first-order chi connectivity index (χ1) is 22.2. The van der Waals surface area contributed by atoms with Gasteiger partial charge in [-0.15, -0.1) is 0 Å². The number of benzene rings is 1. The van der Waals surface area contributed by atoms with Gasteiger partial charge >= 0.3 is 6.09 Å². The van der Waals surface area contributed by atoms with E-state index in [4.69, 9.17) is 9.26 Å². The van der Waals surface area contributed by atoms with Gasteiger partial charge in [0.15, 0.2) is 11.6 Å². The lowest BCUT2D eigenvalue weighted by Crippen LogP contribution is -2.50. The Morgan fingerprint density at radius 3 is 2.32 bits per heavy atom. The van der Waals surface area contributed by atoms with Crippen molar-refractivity contribution in [1.29, 1.82) is 0 Å². The maximum Gasteiger partial charge on any atom is 0.410 e. The summed E-state index contributed by atoms with van der Waals surface area (Å²) in [7, 11) is 1.89. The van der Waals surface area contributed by atoms with E-state index in [1.54, 1.807) is 21.8 Å². The van der Waals surface area contributed by atoms with Crippen LogP contribution in [0.4, 0.5) is 10.6 Å². The van der Waals surface area contributed by atoms with Crippen LogP contribution >= 0.6 is 0 Å². The number of carbonyl (C=O) groups is 3. The highest BCUT2D eigenvalue weighted by atomic mass is 16.6. The van der Waals surface area contributed by atoms with E-state index in [0.29, 0.717) is 37.8 Å². The number of piperazine rings is 1. The molecular formula is C34H47N7O6. The van der Waals surface area contributed by atoms with Crippen LogP contribution in [0.15, 0.2) is 47.1 Å². The number of β-amino-alcohol motifs (C(OH)–C–C–N with tert-alkyl or cyclic N) is 1. The highest BCUT2D eigenvalue weighted by Gasteiger charge is 2.43. The third kappa shape index (κ3) is 7.78. The normalized spacial score (nSPS) is 20.0. The van der Waals surface area contributed by atoms with Crippen molar-refractivity contribution >= 4 is 23.7 Å². The summed E-state index contributed by atoms with van der Waals surface area (Å²) in [4.78, 5) is 45.3. The number of hydrogen-bond donors (Lipinski definition) is 2. The van der Waals surface area contributed by atoms with Crippen LogP contribution in [0.1, 0.15) is 71.2 Å². The molecule has 0 saturated carbocycles. The second kappa shape index (κ2) is 13.8. The van der Waals surface area contributed by atoms with Gasteiger partial charge in [-0.1, -0.05) is 43.3 Å². The van der Waals surface area contributed by atoms with Gasteiger partial charge in [0.2, 0.25) is 11.8 Å². The number of likely N-dealkylation sites (tertiary alicyclic amines) is 1. The molecule has 2 aliphatic rings. The van der Waals surface area contributed by atoms with E-state index in [-0.39, 0.29) is 42.8 Å². The highest BCUT2D eigenvalue weighted by molar-refractivity contribution is 5.91. The van der Waals surface area contributed by atoms with Gasteiger partial charge in [0, 0.05) is 58.5 Å². The summed E-state index contributed by atoms with van der Waals surface area (Å²) < 4.78 is 13.0. The van der Waals surface area contributed by atoms with Crippen molar-refractivity contribution in [2.24, 2.45) is 13.0 Å². The number of rotatable bonds is 8. The maximum atomic E-state index is 14.1. The second-order valence-corrected chi connectivity index (χ2v) is 13.9. The topological polar surface area (TPSA) is 146 Å². The van der Waals surface area contributed by atoms with Crippen molar-refractivity contribution in [3.63, 3.8) is 0 Å². The fourth-order valence-corrected chi connectivity index (χ4v) is 6.23. The number of aliphatic hydroxyl groups is 1. The van der Waals surface area contributed by atoms with Crippen LogP contribution < -0.4 is 10.2 Å². The van der Waals surface area contributed by atoms with Crippen LogP contribution in [0.2, 0.25) is 0 Å². The Labute approximate surface area is 275 Å². The Balaban J connectivity index is 1.23. The second-order valence-electron chi connectivity index (χ2n) is 13.9. The SMILES string of the molecule is CC(C)[C@H](C(=O)N1C[C@H](O)C[C@H]1C(=O)N[C@@H](C)c1ccc(-c2ccnn2C)cc1)c1cc(N2CCN(C(=O)OC(C)(C)C)CC2)no1. The molecule has 2 saturated heterocycles. The van der Waals surface area contributed by atoms with Gasteiger partial charge in [-0.2, -0.15) is 5.10 Å². The average molecular weight is 650 g/mol. The van der Waals surface area contributed by atoms with Gasteiger partial charge in [-0.3, -0.25) is 14.3 Å². The number of anilines is 1. The summed E-state index contributed by atoms with van der Waals surface area (Å²) in [5.74, 6) is -0.482. The van der Waals surface area contributed by atoms with Crippen molar-refractivity contribution in [3.05, 3.63) is 53.9 Å². The number of amides is 3. The smallest absolute Gasteiger partial charge is 0.410 e. The van der Waals surface area contributed by atoms with Crippen LogP contribution in [-0.2, 0) is 21.4 Å². The molecule has 5 rings (SSSR count). The number of aromatic nitrogens is 3. The molecule has 13 nitrogen and oxygen atoms in total. The first-order valence-electron chi connectivity index (χ1n) is 16.3. The summed E-state index contributed by atoms with van der Waals surface area (Å²) in [5.41, 5.74) is 2.36. The summed E-state index contributed by atoms with van der Waals surface area (Å²) in [6.07, 6.45) is 0.737. The minimum atomic E-state index is -0.821. The zero-order chi connectivity index (χ0) is 34.0. The number of aryl methyl sites for hydroxylation is 1. The molecular weight excluding hydrogens is 602 g/mol. The summed E-state index contributed by atoms with van der Waals surface area (Å²) >= 11 is 0. The highest BCUT2D eigenvalue weighted by Crippen LogP contribution is 2.33. The molecule has 0 aliphatic carbocycles. The first-order valence-corrected chi connectivity index (χ1v) is 16.3. The predicted molar refractivity (Wildman–Crippen MR) is 175 cm³/mol. The molecule has 3 amide bonds. The molecule has 0 spiro atoms. The lowest BCUT2D eigenvalue weighted by Gasteiger charge is -2.35. The largest absolute Gasteiger partial charge is 0.444 e. The number of hydrogen-bond acceptors (Lipinski definition) is 9. The number of ether oxygens (including phenoxy) is 1. The third-order valence-corrected chi connectivity index (χ3v) is 8.76. The molecule has 2 aliphatic heterocycles. The van der Waals surface area contributed by atoms with Gasteiger partial charge in [-0.25, -0.2) is 4.79 Å². The molecule has 4 heterocycles. The monoisotopic (exact) mass is 649 g/mol. The Morgan fingerprint density at radius 1 is 1.04 bits per heavy atom. The molecule has 254 valence electrons. The van der Waals surface area contributed by atoms with Crippen molar-refractivity contribution in [3.8, 4) is 11.3 Å². The van der Waals surface area contributed by atoms with Crippen LogP contribution in [0, 0.1) is 5.92 Å². The van der Waals surface area contributed by atoms with Crippen LogP contribution in [0.25, 0.3) is 11.3 Å². The molecule has 47 heavy (non-hydrogen) atoms. The molecule has 0 unspecified atom stereocenters. The van der Waals surface area contributed by atoms with Crippen molar-refractivity contribution in [2.45, 2.75) is 77.7 Å². The minimum Gasteiger partial charge on any atom is -0.444 e. The van der Waals surface area contributed by atoms with E-state index >= 15 is 0 Å². The zero-order valence-corrected chi connectivity index (χ0v) is 28.3. The van der Waals surface area contributed by atoms with Gasteiger partial charge in [0.05, 0.1) is 17.8 Å². The van der Waals surface area contributed by atoms with Gasteiger partial charge in [-0.05, 0) is 50.8 Å². The number of nitrogens with zero attached hydrogens (tertiary/aromatic N) is 6. The standard InChI is InChI=1S/C34H47N7O6/c1-21(2)30(28-19-29(37-47-28)39-14-16-40(17-15-39)33(45)46-34(4,5)6)32(44)41-20-25(42)18-27(41)31(43)36-22(3)23-8-10-24(11-9-23)26-12-13-35-38(26)7/h8-13,19,21-22,25,27,30,42H,14-18,20H2,1-7H3,(H,36,43)/t22-,25+,27-,30-/m0/s1. The maximum absolute atomic E-state index is 14.1. The molecule has 3 aromatic rings. The summed E-state index contributed by atoms with van der Waals surface area (Å²) in [6, 6.07) is 10.5. The van der Waals surface area contributed by atoms with E-state index < -0.39 is 23.7 Å². The Bertz CT molecular complexity index is 1550. The average Bonchev–Trinajstić information content (AvgIpc) is 3.76. The lowest BCUT2D eigenvalue weighted by molar-refractivity contribution is -0.141. The third-order valence-electron chi connectivity index (χ3n) is 8.76. The predicted octanol–water partition coefficient (Wildman–Crippen LogP) is 3.71. The molecule has 0 bridgehead atoms. The van der Waals surface area contributed by atoms with Gasteiger partial charge in [0.25, 0.3) is 0 Å². The molecule has 4 atom stereocenters. The Morgan fingerprint density at radius 2 is 1.72 bits per heavy atom. The lowest BCUT2D eigenvalue weighted by atomic mass is 9.91. The first kappa shape index (κ1) is 34.0. The molecule has 2 N–H and O–H groups in total. The number of carbonyl (C=O) groups excluding carboxylic acids is 3. The molecule has 2 fully saturated rings. The Hall–Kier alpha value is -4.39. The number of aliphatic hydroxyl groups excluding tert-OH is 1. The van der Waals surface area contributed by atoms with Crippen LogP contribution in [-0.4, -0.2) is 98.2 Å². The van der Waals surface area contributed by atoms with Crippen LogP contribution in [0.3, 0.4) is 0 Å². The van der Waals surface area contributed by atoms with Gasteiger partial charge in [0.1, 0.15) is 17.6 Å². The van der Waals surface area contributed by atoms with Crippen molar-refractivity contribution in [2.75, 3.05) is 37.6 Å². The summed E-state index contributed by atoms with van der Waals surface area (Å²) in [6.45, 7) is 13.3. The fourth-order valence-electron chi connectivity index (χ4n) is 6.23. The van der Waals surface area contributed by atoms with E-state index in [1.807, 2.05) is 83.8 Å². The molecule has 2 aromatic heterocycles. The van der Waals surface area contributed by atoms with E-state index in [2.05, 4.69) is 15.6 Å². The zero-order valence-electron chi connectivity index (χ0n) is 28.3. The van der Waals surface area contributed by atoms with E-state index in [1.165, 1.54) is 4.90 Å². The minimum absolute atomic E-state index is 0.0571. The van der Waals surface area contributed by atoms with Crippen molar-refractivity contribution in [1.82, 2.24) is 30.1 Å². The van der Waals surface area contributed by atoms with Gasteiger partial charge < -0.3 is 34.4 Å². The molecule has 1 aromatic carbocycles. The molecule has 0 radical (unpaired) electrons. The number of nitrogens with one attached hydrogen (secondary N) is 1. The summed E-state index contributed by atoms with van der Waals surface area (Å²) in [5, 5.41) is 22.1. The van der Waals surface area contributed by atoms with Crippen molar-refractivity contribution < 1.29 is 28.8 Å². The fraction of sp³-hybridized carbons (Fsp3) is 0.559. The van der Waals surface area contributed by atoms with E-state index in [0.717, 1.165) is 16.8 Å². The molecule has 13 heteroatoms. The Kier molecular flexibility index (Phi) is 9.94. The van der Waals surface area contributed by atoms with Crippen LogP contribution in [0.5, 0.6) is 0 Å².